The van der Waals surface area contributed by atoms with Crippen molar-refractivity contribution in [1.29, 1.82) is 0 Å². The number of nitrogens with zero attached hydrogens (tertiary/aromatic N) is 3. The number of aromatic nitrogens is 3. The van der Waals surface area contributed by atoms with Crippen LogP contribution in [0.4, 0.5) is 0 Å². The summed E-state index contributed by atoms with van der Waals surface area (Å²) in [6.07, 6.45) is 1.78. The summed E-state index contributed by atoms with van der Waals surface area (Å²) in [6.45, 7) is 4.11. The molecular formula is C17H16N4S. The first-order chi connectivity index (χ1) is 10.6. The second-order valence-electron chi connectivity index (χ2n) is 5.19. The van der Waals surface area contributed by atoms with Crippen molar-refractivity contribution in [3.05, 3.63) is 70.0 Å². The van der Waals surface area contributed by atoms with Crippen molar-refractivity contribution in [2.45, 2.75) is 13.8 Å². The number of nitrogens with one attached hydrogen (secondary N) is 1. The first kappa shape index (κ1) is 14.4. The highest BCUT2D eigenvalue weighted by molar-refractivity contribution is 7.71. The number of benzene rings is 2. The first-order valence-corrected chi connectivity index (χ1v) is 7.40. The van der Waals surface area contributed by atoms with Crippen molar-refractivity contribution < 1.29 is 0 Å². The lowest BCUT2D eigenvalue weighted by molar-refractivity contribution is 0.871. The Morgan fingerprint density at radius 2 is 1.59 bits per heavy atom. The molecule has 0 aliphatic heterocycles. The minimum absolute atomic E-state index is 0.471. The number of aromatic amines is 1. The fourth-order valence-electron chi connectivity index (χ4n) is 2.07. The zero-order chi connectivity index (χ0) is 15.5. The van der Waals surface area contributed by atoms with Crippen LogP contribution in [0.15, 0.2) is 53.6 Å². The third kappa shape index (κ3) is 3.04. The molecule has 3 aromatic rings. The maximum absolute atomic E-state index is 5.27. The highest BCUT2D eigenvalue weighted by atomic mass is 32.1. The van der Waals surface area contributed by atoms with Gasteiger partial charge < -0.3 is 0 Å². The lowest BCUT2D eigenvalue weighted by atomic mass is 10.1. The molecule has 1 N–H and O–H groups in total. The summed E-state index contributed by atoms with van der Waals surface area (Å²) in [5.41, 5.74) is 4.41. The van der Waals surface area contributed by atoms with Gasteiger partial charge in [0.05, 0.1) is 6.21 Å². The standard InChI is InChI=1S/C17H16N4S/c1-12-3-7-14(8-4-12)11-18-21-16(19-20-17(21)22)15-9-5-13(2)6-10-15/h3-11H,1-2H3,(H,20,22)/b18-11-. The van der Waals surface area contributed by atoms with Crippen molar-refractivity contribution >= 4 is 18.4 Å². The Hall–Kier alpha value is -2.53. The Labute approximate surface area is 134 Å². The Bertz CT molecular complexity index is 855. The van der Waals surface area contributed by atoms with Gasteiger partial charge in [0.2, 0.25) is 4.77 Å². The molecule has 0 radical (unpaired) electrons. The summed E-state index contributed by atoms with van der Waals surface area (Å²) in [5, 5.41) is 11.5. The largest absolute Gasteiger partial charge is 0.250 e. The van der Waals surface area contributed by atoms with E-state index in [4.69, 9.17) is 12.2 Å². The Balaban J connectivity index is 1.97. The molecule has 0 saturated heterocycles. The molecule has 0 saturated carbocycles. The molecule has 1 aromatic heterocycles. The van der Waals surface area contributed by atoms with Crippen LogP contribution in [0.25, 0.3) is 11.4 Å². The summed E-state index contributed by atoms with van der Waals surface area (Å²) in [4.78, 5) is 0. The van der Waals surface area contributed by atoms with Gasteiger partial charge in [0.1, 0.15) is 0 Å². The van der Waals surface area contributed by atoms with Crippen molar-refractivity contribution in [3.63, 3.8) is 0 Å². The quantitative estimate of drug-likeness (QED) is 0.584. The normalized spacial score (nSPS) is 11.2. The molecule has 0 amide bonds. The van der Waals surface area contributed by atoms with E-state index < -0.39 is 0 Å². The molecule has 0 bridgehead atoms. The molecule has 4 nitrogen and oxygen atoms in total. The van der Waals surface area contributed by atoms with Crippen LogP contribution in [0, 0.1) is 18.6 Å². The fourth-order valence-corrected chi connectivity index (χ4v) is 2.24. The van der Waals surface area contributed by atoms with E-state index in [1.165, 1.54) is 11.1 Å². The van der Waals surface area contributed by atoms with Gasteiger partial charge in [-0.1, -0.05) is 59.7 Å². The van der Waals surface area contributed by atoms with Crippen LogP contribution >= 0.6 is 12.2 Å². The zero-order valence-electron chi connectivity index (χ0n) is 12.4. The molecular weight excluding hydrogens is 292 g/mol. The Kier molecular flexibility index (Phi) is 3.98. The predicted octanol–water partition coefficient (Wildman–Crippen LogP) is 4.11. The van der Waals surface area contributed by atoms with Crippen LogP contribution in [0.3, 0.4) is 0 Å². The van der Waals surface area contributed by atoms with Crippen LogP contribution in [0.1, 0.15) is 16.7 Å². The molecule has 22 heavy (non-hydrogen) atoms. The van der Waals surface area contributed by atoms with Crippen molar-refractivity contribution in [2.24, 2.45) is 5.10 Å². The van der Waals surface area contributed by atoms with Crippen LogP contribution in [0.5, 0.6) is 0 Å². The maximum atomic E-state index is 5.27. The van der Waals surface area contributed by atoms with Gasteiger partial charge in [0.15, 0.2) is 5.82 Å². The summed E-state index contributed by atoms with van der Waals surface area (Å²) in [7, 11) is 0. The Morgan fingerprint density at radius 3 is 2.23 bits per heavy atom. The SMILES string of the molecule is Cc1ccc(/C=N\n2c(-c3ccc(C)cc3)n[nH]c2=S)cc1. The molecule has 110 valence electrons. The van der Waals surface area contributed by atoms with E-state index in [0.717, 1.165) is 11.1 Å². The van der Waals surface area contributed by atoms with E-state index in [1.54, 1.807) is 10.9 Å². The second kappa shape index (κ2) is 6.07. The minimum atomic E-state index is 0.471. The number of hydrogen-bond donors (Lipinski definition) is 1. The molecule has 1 heterocycles. The minimum Gasteiger partial charge on any atom is -0.250 e. The molecule has 0 aliphatic rings. The monoisotopic (exact) mass is 308 g/mol. The second-order valence-corrected chi connectivity index (χ2v) is 5.57. The van der Waals surface area contributed by atoms with Crippen molar-refractivity contribution in [3.8, 4) is 11.4 Å². The summed E-state index contributed by atoms with van der Waals surface area (Å²) >= 11 is 5.27. The van der Waals surface area contributed by atoms with E-state index in [0.29, 0.717) is 10.6 Å². The molecule has 0 atom stereocenters. The number of hydrogen-bond acceptors (Lipinski definition) is 3. The van der Waals surface area contributed by atoms with Gasteiger partial charge in [-0.05, 0) is 31.6 Å². The molecule has 2 aromatic carbocycles. The van der Waals surface area contributed by atoms with Gasteiger partial charge in [-0.25, -0.2) is 5.10 Å². The zero-order valence-corrected chi connectivity index (χ0v) is 13.3. The number of rotatable bonds is 3. The van der Waals surface area contributed by atoms with Gasteiger partial charge in [0.25, 0.3) is 0 Å². The highest BCUT2D eigenvalue weighted by Crippen LogP contribution is 2.17. The van der Waals surface area contributed by atoms with Gasteiger partial charge in [-0.3, -0.25) is 0 Å². The third-order valence-corrected chi connectivity index (χ3v) is 3.62. The average Bonchev–Trinajstić information content (AvgIpc) is 2.89. The van der Waals surface area contributed by atoms with Crippen LogP contribution < -0.4 is 0 Å². The van der Waals surface area contributed by atoms with E-state index in [9.17, 15) is 0 Å². The van der Waals surface area contributed by atoms with Crippen LogP contribution in [0.2, 0.25) is 0 Å². The van der Waals surface area contributed by atoms with E-state index in [1.807, 2.05) is 36.4 Å². The molecule has 0 spiro atoms. The molecule has 0 unspecified atom stereocenters. The van der Waals surface area contributed by atoms with E-state index >= 15 is 0 Å². The molecule has 3 rings (SSSR count). The average molecular weight is 308 g/mol. The van der Waals surface area contributed by atoms with Gasteiger partial charge in [-0.2, -0.15) is 14.9 Å². The number of H-pyrrole nitrogens is 1. The van der Waals surface area contributed by atoms with Crippen LogP contribution in [-0.2, 0) is 0 Å². The lowest BCUT2D eigenvalue weighted by Crippen LogP contribution is -1.95. The fraction of sp³-hybridized carbons (Fsp3) is 0.118. The predicted molar refractivity (Wildman–Crippen MR) is 91.8 cm³/mol. The lowest BCUT2D eigenvalue weighted by Gasteiger charge is -2.01. The van der Waals surface area contributed by atoms with E-state index in [2.05, 4.69) is 41.3 Å². The summed E-state index contributed by atoms with van der Waals surface area (Å²) < 4.78 is 2.11. The molecule has 5 heteroatoms. The van der Waals surface area contributed by atoms with Crippen molar-refractivity contribution in [2.75, 3.05) is 0 Å². The first-order valence-electron chi connectivity index (χ1n) is 6.99. The summed E-state index contributed by atoms with van der Waals surface area (Å²) in [6, 6.07) is 16.3. The topological polar surface area (TPSA) is 46.0 Å². The van der Waals surface area contributed by atoms with Crippen LogP contribution in [-0.4, -0.2) is 21.1 Å². The molecule has 0 aliphatic carbocycles. The van der Waals surface area contributed by atoms with Gasteiger partial charge in [0, 0.05) is 5.56 Å². The summed E-state index contributed by atoms with van der Waals surface area (Å²) in [5.74, 6) is 0.702. The van der Waals surface area contributed by atoms with Crippen molar-refractivity contribution in [1.82, 2.24) is 14.9 Å². The number of aryl methyl sites for hydroxylation is 2. The molecule has 0 fully saturated rings. The Morgan fingerprint density at radius 1 is 1.00 bits per heavy atom. The van der Waals surface area contributed by atoms with E-state index in [-0.39, 0.29) is 0 Å². The van der Waals surface area contributed by atoms with Gasteiger partial charge >= 0.3 is 0 Å². The maximum Gasteiger partial charge on any atom is 0.216 e. The highest BCUT2D eigenvalue weighted by Gasteiger charge is 2.07. The smallest absolute Gasteiger partial charge is 0.216 e. The van der Waals surface area contributed by atoms with Gasteiger partial charge in [-0.15, -0.1) is 0 Å². The third-order valence-electron chi connectivity index (χ3n) is 3.36.